The summed E-state index contributed by atoms with van der Waals surface area (Å²) in [6, 6.07) is 12.7. The fourth-order valence-electron chi connectivity index (χ4n) is 2.32. The smallest absolute Gasteiger partial charge is 0.248 e. The van der Waals surface area contributed by atoms with Crippen LogP contribution in [-0.2, 0) is 6.54 Å². The van der Waals surface area contributed by atoms with Crippen molar-refractivity contribution in [3.8, 4) is 16.9 Å². The van der Waals surface area contributed by atoms with E-state index in [0.29, 0.717) is 28.2 Å². The molecule has 3 aromatic rings. The van der Waals surface area contributed by atoms with E-state index in [1.165, 1.54) is 12.1 Å². The second-order valence-electron chi connectivity index (χ2n) is 4.92. The third kappa shape index (κ3) is 2.82. The summed E-state index contributed by atoms with van der Waals surface area (Å²) in [5, 5.41) is 8.13. The highest BCUT2D eigenvalue weighted by Gasteiger charge is 2.16. The third-order valence-corrected chi connectivity index (χ3v) is 3.43. The zero-order chi connectivity index (χ0) is 16.4. The molecule has 116 valence electrons. The molecule has 1 heterocycles. The Bertz CT molecular complexity index is 857. The first-order chi connectivity index (χ1) is 11.1. The van der Waals surface area contributed by atoms with Crippen molar-refractivity contribution >= 4 is 5.91 Å². The van der Waals surface area contributed by atoms with E-state index in [2.05, 4.69) is 10.3 Å². The maximum atomic E-state index is 13.5. The summed E-state index contributed by atoms with van der Waals surface area (Å²) in [7, 11) is 0. The minimum absolute atomic E-state index is 0.172. The van der Waals surface area contributed by atoms with Crippen molar-refractivity contribution in [1.29, 1.82) is 0 Å². The van der Waals surface area contributed by atoms with Gasteiger partial charge in [-0.15, -0.1) is 5.10 Å². The van der Waals surface area contributed by atoms with Crippen LogP contribution < -0.4 is 11.5 Å². The SMILES string of the molecule is NCc1nnn(-c2ccc(C(N)=O)cc2)c1-c1cccc(F)c1. The molecule has 7 heteroatoms. The molecule has 0 saturated carbocycles. The molecule has 0 fully saturated rings. The molecular formula is C16H14FN5O. The zero-order valence-corrected chi connectivity index (χ0v) is 12.1. The lowest BCUT2D eigenvalue weighted by Gasteiger charge is -2.08. The summed E-state index contributed by atoms with van der Waals surface area (Å²) in [6.07, 6.45) is 0. The number of carbonyl (C=O) groups excluding carboxylic acids is 1. The van der Waals surface area contributed by atoms with E-state index in [1.54, 1.807) is 41.1 Å². The molecule has 0 aliphatic heterocycles. The maximum absolute atomic E-state index is 13.5. The van der Waals surface area contributed by atoms with E-state index in [4.69, 9.17) is 11.5 Å². The number of amides is 1. The van der Waals surface area contributed by atoms with Gasteiger partial charge in [-0.3, -0.25) is 4.79 Å². The van der Waals surface area contributed by atoms with Gasteiger partial charge in [-0.2, -0.15) is 0 Å². The Morgan fingerprint density at radius 2 is 1.91 bits per heavy atom. The number of benzene rings is 2. The zero-order valence-electron chi connectivity index (χ0n) is 12.1. The van der Waals surface area contributed by atoms with Gasteiger partial charge in [-0.1, -0.05) is 17.3 Å². The van der Waals surface area contributed by atoms with Crippen LogP contribution in [0.5, 0.6) is 0 Å². The van der Waals surface area contributed by atoms with Crippen molar-refractivity contribution in [3.05, 3.63) is 65.6 Å². The van der Waals surface area contributed by atoms with E-state index < -0.39 is 5.91 Å². The van der Waals surface area contributed by atoms with Crippen LogP contribution in [0.3, 0.4) is 0 Å². The van der Waals surface area contributed by atoms with Gasteiger partial charge in [0.2, 0.25) is 5.91 Å². The molecular weight excluding hydrogens is 297 g/mol. The number of hydrogen-bond donors (Lipinski definition) is 2. The van der Waals surface area contributed by atoms with Gasteiger partial charge in [-0.05, 0) is 36.4 Å². The van der Waals surface area contributed by atoms with Gasteiger partial charge in [0.05, 0.1) is 11.4 Å². The number of nitrogens with zero attached hydrogens (tertiary/aromatic N) is 3. The summed E-state index contributed by atoms with van der Waals surface area (Å²) in [6.45, 7) is 0.172. The Labute approximate surface area is 131 Å². The lowest BCUT2D eigenvalue weighted by Crippen LogP contribution is -2.11. The number of hydrogen-bond acceptors (Lipinski definition) is 4. The number of rotatable bonds is 4. The van der Waals surface area contributed by atoms with Crippen LogP contribution in [0, 0.1) is 5.82 Å². The van der Waals surface area contributed by atoms with Gasteiger partial charge in [0.15, 0.2) is 0 Å². The number of nitrogens with two attached hydrogens (primary N) is 2. The standard InChI is InChI=1S/C16H14FN5O/c17-12-3-1-2-11(8-12)15-14(9-18)20-21-22(15)13-6-4-10(5-7-13)16(19)23/h1-8H,9,18H2,(H2,19,23). The highest BCUT2D eigenvalue weighted by molar-refractivity contribution is 5.92. The van der Waals surface area contributed by atoms with E-state index in [1.807, 2.05) is 0 Å². The van der Waals surface area contributed by atoms with Crippen LogP contribution in [0.1, 0.15) is 16.1 Å². The first-order valence-electron chi connectivity index (χ1n) is 6.91. The number of halogens is 1. The van der Waals surface area contributed by atoms with Crippen molar-refractivity contribution in [2.45, 2.75) is 6.54 Å². The van der Waals surface area contributed by atoms with Crippen LogP contribution >= 0.6 is 0 Å². The highest BCUT2D eigenvalue weighted by Crippen LogP contribution is 2.25. The summed E-state index contributed by atoms with van der Waals surface area (Å²) in [5.41, 5.74) is 13.8. The van der Waals surface area contributed by atoms with E-state index in [9.17, 15) is 9.18 Å². The molecule has 6 nitrogen and oxygen atoms in total. The number of primary amides is 1. The summed E-state index contributed by atoms with van der Waals surface area (Å²) in [4.78, 5) is 11.2. The van der Waals surface area contributed by atoms with Crippen molar-refractivity contribution in [2.75, 3.05) is 0 Å². The fourth-order valence-corrected chi connectivity index (χ4v) is 2.32. The highest BCUT2D eigenvalue weighted by atomic mass is 19.1. The van der Waals surface area contributed by atoms with Gasteiger partial charge >= 0.3 is 0 Å². The van der Waals surface area contributed by atoms with Gasteiger partial charge in [0.25, 0.3) is 0 Å². The van der Waals surface area contributed by atoms with E-state index >= 15 is 0 Å². The second kappa shape index (κ2) is 5.98. The number of carbonyl (C=O) groups is 1. The predicted molar refractivity (Wildman–Crippen MR) is 83.2 cm³/mol. The molecule has 2 aromatic carbocycles. The van der Waals surface area contributed by atoms with Gasteiger partial charge in [0.1, 0.15) is 11.5 Å². The third-order valence-electron chi connectivity index (χ3n) is 3.43. The predicted octanol–water partition coefficient (Wildman–Crippen LogP) is 1.63. The molecule has 0 aliphatic rings. The molecule has 0 saturated heterocycles. The van der Waals surface area contributed by atoms with Crippen molar-refractivity contribution < 1.29 is 9.18 Å². The lowest BCUT2D eigenvalue weighted by molar-refractivity contribution is 0.100. The van der Waals surface area contributed by atoms with Crippen molar-refractivity contribution in [2.24, 2.45) is 11.5 Å². The van der Waals surface area contributed by atoms with Gasteiger partial charge < -0.3 is 11.5 Å². The van der Waals surface area contributed by atoms with Crippen LogP contribution in [-0.4, -0.2) is 20.9 Å². The minimum atomic E-state index is -0.511. The van der Waals surface area contributed by atoms with Gasteiger partial charge in [0, 0.05) is 17.7 Å². The molecule has 23 heavy (non-hydrogen) atoms. The summed E-state index contributed by atoms with van der Waals surface area (Å²) in [5.74, 6) is -0.870. The van der Waals surface area contributed by atoms with E-state index in [-0.39, 0.29) is 12.4 Å². The minimum Gasteiger partial charge on any atom is -0.366 e. The summed E-state index contributed by atoms with van der Waals surface area (Å²) < 4.78 is 15.1. The molecule has 1 aromatic heterocycles. The molecule has 3 rings (SSSR count). The second-order valence-corrected chi connectivity index (χ2v) is 4.92. The monoisotopic (exact) mass is 311 g/mol. The maximum Gasteiger partial charge on any atom is 0.248 e. The Hall–Kier alpha value is -3.06. The van der Waals surface area contributed by atoms with Gasteiger partial charge in [-0.25, -0.2) is 9.07 Å². The molecule has 0 unspecified atom stereocenters. The van der Waals surface area contributed by atoms with Crippen LogP contribution in [0.25, 0.3) is 16.9 Å². The Balaban J connectivity index is 2.13. The molecule has 1 amide bonds. The van der Waals surface area contributed by atoms with Crippen molar-refractivity contribution in [3.63, 3.8) is 0 Å². The fraction of sp³-hybridized carbons (Fsp3) is 0.0625. The van der Waals surface area contributed by atoms with Crippen LogP contribution in [0.4, 0.5) is 4.39 Å². The Kier molecular flexibility index (Phi) is 3.86. The number of aromatic nitrogens is 3. The molecule has 0 radical (unpaired) electrons. The first-order valence-corrected chi connectivity index (χ1v) is 6.91. The topological polar surface area (TPSA) is 99.8 Å². The molecule has 0 aliphatic carbocycles. The Morgan fingerprint density at radius 3 is 2.52 bits per heavy atom. The van der Waals surface area contributed by atoms with Crippen LogP contribution in [0.15, 0.2) is 48.5 Å². The largest absolute Gasteiger partial charge is 0.366 e. The average Bonchev–Trinajstić information content (AvgIpc) is 2.99. The molecule has 0 spiro atoms. The first kappa shape index (κ1) is 14.9. The summed E-state index contributed by atoms with van der Waals surface area (Å²) >= 11 is 0. The van der Waals surface area contributed by atoms with E-state index in [0.717, 1.165) is 0 Å². The average molecular weight is 311 g/mol. The lowest BCUT2D eigenvalue weighted by atomic mass is 10.1. The molecule has 4 N–H and O–H groups in total. The molecule has 0 bridgehead atoms. The van der Waals surface area contributed by atoms with Crippen LogP contribution in [0.2, 0.25) is 0 Å². The quantitative estimate of drug-likeness (QED) is 0.765. The Morgan fingerprint density at radius 1 is 1.17 bits per heavy atom. The normalized spacial score (nSPS) is 10.7. The molecule has 0 atom stereocenters. The van der Waals surface area contributed by atoms with Crippen molar-refractivity contribution in [1.82, 2.24) is 15.0 Å².